The van der Waals surface area contributed by atoms with Crippen molar-refractivity contribution in [3.8, 4) is 5.75 Å². The molecule has 2 aromatic rings. The topological polar surface area (TPSA) is 77.2 Å². The van der Waals surface area contributed by atoms with Crippen LogP contribution in [0.3, 0.4) is 0 Å². The maximum Gasteiger partial charge on any atom is 0.227 e. The van der Waals surface area contributed by atoms with Gasteiger partial charge in [0.25, 0.3) is 0 Å². The van der Waals surface area contributed by atoms with Gasteiger partial charge in [-0.1, -0.05) is 16.8 Å². The molecule has 1 saturated heterocycles. The highest BCUT2D eigenvalue weighted by atomic mass is 35.5. The Hall–Kier alpha value is -1.63. The van der Waals surface area contributed by atoms with E-state index in [0.717, 1.165) is 19.4 Å². The molecule has 1 aliphatic heterocycles. The molecule has 0 spiro atoms. The Morgan fingerprint density at radius 1 is 1.50 bits per heavy atom. The molecule has 8 heteroatoms. The van der Waals surface area contributed by atoms with Crippen molar-refractivity contribution >= 4 is 29.8 Å². The Morgan fingerprint density at radius 2 is 2.33 bits per heavy atom. The Bertz CT molecular complexity index is 700. The minimum Gasteiger partial charge on any atom is -0.497 e. The summed E-state index contributed by atoms with van der Waals surface area (Å²) in [4.78, 5) is 16.6. The molecule has 0 amide bonds. The number of nitrogens with zero attached hydrogens (tertiary/aromatic N) is 2. The molecular weight excluding hydrogens is 353 g/mol. The molecule has 0 aliphatic carbocycles. The number of carbonyl (C=O) groups is 1. The summed E-state index contributed by atoms with van der Waals surface area (Å²) in [5.41, 5.74) is 0.477. The maximum atomic E-state index is 12.3. The van der Waals surface area contributed by atoms with Gasteiger partial charge in [0, 0.05) is 18.4 Å². The van der Waals surface area contributed by atoms with E-state index in [9.17, 15) is 4.79 Å². The third-order valence-electron chi connectivity index (χ3n) is 3.90. The zero-order chi connectivity index (χ0) is 16.2. The molecule has 3 rings (SSSR count). The van der Waals surface area contributed by atoms with Crippen molar-refractivity contribution < 1.29 is 14.1 Å². The number of Topliss-reactive ketones (excluding diaryl/α,β-unsaturated/α-hetero) is 1. The van der Waals surface area contributed by atoms with Gasteiger partial charge in [-0.15, -0.1) is 12.4 Å². The Balaban J connectivity index is 0.00000208. The molecule has 24 heavy (non-hydrogen) atoms. The molecule has 0 bridgehead atoms. The molecule has 1 aromatic heterocycles. The van der Waals surface area contributed by atoms with Gasteiger partial charge in [0.2, 0.25) is 5.89 Å². The molecule has 1 N–H and O–H groups in total. The number of aryl methyl sites for hydroxylation is 1. The van der Waals surface area contributed by atoms with Crippen molar-refractivity contribution in [1.82, 2.24) is 15.5 Å². The van der Waals surface area contributed by atoms with E-state index in [1.165, 1.54) is 0 Å². The predicted molar refractivity (Wildman–Crippen MR) is 92.2 cm³/mol. The van der Waals surface area contributed by atoms with Gasteiger partial charge in [-0.25, -0.2) is 0 Å². The highest BCUT2D eigenvalue weighted by molar-refractivity contribution is 6.34. The van der Waals surface area contributed by atoms with Gasteiger partial charge < -0.3 is 14.6 Å². The van der Waals surface area contributed by atoms with Crippen LogP contribution in [0.15, 0.2) is 22.7 Å². The molecule has 0 radical (unpaired) electrons. The maximum absolute atomic E-state index is 12.3. The minimum absolute atomic E-state index is 0. The number of hydrogen-bond donors (Lipinski definition) is 1. The number of rotatable bonds is 6. The summed E-state index contributed by atoms with van der Waals surface area (Å²) in [6.45, 7) is 0.975. The van der Waals surface area contributed by atoms with Crippen molar-refractivity contribution in [3.05, 3.63) is 40.5 Å². The van der Waals surface area contributed by atoms with Crippen LogP contribution in [0.1, 0.15) is 47.4 Å². The van der Waals surface area contributed by atoms with Crippen molar-refractivity contribution in [3.63, 3.8) is 0 Å². The van der Waals surface area contributed by atoms with Gasteiger partial charge in [0.15, 0.2) is 11.6 Å². The SMILES string of the molecule is COc1ccc(C(=O)CCc2nc([C@@H]3CCCN3)no2)c(Cl)c1.Cl. The first kappa shape index (κ1) is 18.7. The summed E-state index contributed by atoms with van der Waals surface area (Å²) in [6, 6.07) is 5.19. The summed E-state index contributed by atoms with van der Waals surface area (Å²) < 4.78 is 10.3. The molecule has 0 unspecified atom stereocenters. The van der Waals surface area contributed by atoms with E-state index in [-0.39, 0.29) is 30.7 Å². The molecule has 1 fully saturated rings. The lowest BCUT2D eigenvalue weighted by molar-refractivity contribution is 0.0980. The second-order valence-electron chi connectivity index (χ2n) is 5.46. The van der Waals surface area contributed by atoms with Crippen LogP contribution in [-0.4, -0.2) is 29.6 Å². The highest BCUT2D eigenvalue weighted by Gasteiger charge is 2.22. The standard InChI is InChI=1S/C16H18ClN3O3.ClH/c1-22-10-4-5-11(12(17)9-10)14(21)6-7-15-19-16(20-23-15)13-3-2-8-18-13;/h4-5,9,13,18H,2-3,6-8H2,1H3;1H/t13-;/m0./s1. The van der Waals surface area contributed by atoms with Crippen molar-refractivity contribution in [2.45, 2.75) is 31.7 Å². The van der Waals surface area contributed by atoms with Gasteiger partial charge in [-0.2, -0.15) is 4.98 Å². The van der Waals surface area contributed by atoms with Crippen LogP contribution in [0.5, 0.6) is 5.75 Å². The zero-order valence-corrected chi connectivity index (χ0v) is 14.8. The fourth-order valence-electron chi connectivity index (χ4n) is 2.62. The van der Waals surface area contributed by atoms with Gasteiger partial charge in [0.1, 0.15) is 5.75 Å². The molecule has 1 aromatic carbocycles. The number of benzene rings is 1. The average molecular weight is 372 g/mol. The Labute approximate surface area is 151 Å². The highest BCUT2D eigenvalue weighted by Crippen LogP contribution is 2.24. The lowest BCUT2D eigenvalue weighted by Gasteiger charge is -2.05. The normalized spacial score (nSPS) is 16.7. The summed E-state index contributed by atoms with van der Waals surface area (Å²) >= 11 is 6.11. The number of nitrogens with one attached hydrogen (secondary N) is 1. The summed E-state index contributed by atoms with van der Waals surface area (Å²) in [7, 11) is 1.56. The molecule has 6 nitrogen and oxygen atoms in total. The number of aromatic nitrogens is 2. The monoisotopic (exact) mass is 371 g/mol. The van der Waals surface area contributed by atoms with Crippen LogP contribution < -0.4 is 10.1 Å². The molecule has 1 atom stereocenters. The first-order chi connectivity index (χ1) is 11.2. The van der Waals surface area contributed by atoms with Gasteiger partial charge in [-0.3, -0.25) is 4.79 Å². The van der Waals surface area contributed by atoms with Crippen LogP contribution >= 0.6 is 24.0 Å². The molecular formula is C16H19Cl2N3O3. The summed E-state index contributed by atoms with van der Waals surface area (Å²) in [5.74, 6) is 1.72. The third kappa shape index (κ3) is 4.26. The first-order valence-corrected chi connectivity index (χ1v) is 7.98. The van der Waals surface area contributed by atoms with Crippen molar-refractivity contribution in [1.29, 1.82) is 0 Å². The van der Waals surface area contributed by atoms with E-state index in [4.69, 9.17) is 20.9 Å². The van der Waals surface area contributed by atoms with Crippen LogP contribution in [0.4, 0.5) is 0 Å². The number of hydrogen-bond acceptors (Lipinski definition) is 6. The van der Waals surface area contributed by atoms with Crippen LogP contribution in [0, 0.1) is 0 Å². The summed E-state index contributed by atoms with van der Waals surface area (Å²) in [5, 5.41) is 7.69. The van der Waals surface area contributed by atoms with Crippen molar-refractivity contribution in [2.75, 3.05) is 13.7 Å². The first-order valence-electron chi connectivity index (χ1n) is 7.60. The number of ether oxygens (including phenoxy) is 1. The Kier molecular flexibility index (Phi) is 6.60. The lowest BCUT2D eigenvalue weighted by atomic mass is 10.1. The van der Waals surface area contributed by atoms with Crippen LogP contribution in [0.25, 0.3) is 0 Å². The van der Waals surface area contributed by atoms with E-state index in [1.807, 2.05) is 0 Å². The van der Waals surface area contributed by atoms with Crippen molar-refractivity contribution in [2.24, 2.45) is 0 Å². The zero-order valence-electron chi connectivity index (χ0n) is 13.3. The van der Waals surface area contributed by atoms with Gasteiger partial charge >= 0.3 is 0 Å². The molecule has 1 aliphatic rings. The number of ketones is 1. The fraction of sp³-hybridized carbons (Fsp3) is 0.438. The number of methoxy groups -OCH3 is 1. The second kappa shape index (κ2) is 8.46. The largest absolute Gasteiger partial charge is 0.497 e. The summed E-state index contributed by atoms with van der Waals surface area (Å²) in [6.07, 6.45) is 2.80. The van der Waals surface area contributed by atoms with Crippen LogP contribution in [0.2, 0.25) is 5.02 Å². The second-order valence-corrected chi connectivity index (χ2v) is 5.87. The van der Waals surface area contributed by atoms with E-state index in [0.29, 0.717) is 34.5 Å². The van der Waals surface area contributed by atoms with Gasteiger partial charge in [-0.05, 0) is 37.6 Å². The quantitative estimate of drug-likeness (QED) is 0.784. The van der Waals surface area contributed by atoms with E-state index >= 15 is 0 Å². The van der Waals surface area contributed by atoms with E-state index in [1.54, 1.807) is 25.3 Å². The third-order valence-corrected chi connectivity index (χ3v) is 4.21. The molecule has 0 saturated carbocycles. The van der Waals surface area contributed by atoms with E-state index in [2.05, 4.69) is 15.5 Å². The Morgan fingerprint density at radius 3 is 3.00 bits per heavy atom. The minimum atomic E-state index is -0.0589. The predicted octanol–water partition coefficient (Wildman–Crippen LogP) is 3.39. The average Bonchev–Trinajstić information content (AvgIpc) is 3.23. The fourth-order valence-corrected chi connectivity index (χ4v) is 2.90. The molecule has 130 valence electrons. The van der Waals surface area contributed by atoms with Crippen LogP contribution in [-0.2, 0) is 6.42 Å². The van der Waals surface area contributed by atoms with Gasteiger partial charge in [0.05, 0.1) is 18.2 Å². The van der Waals surface area contributed by atoms with E-state index < -0.39 is 0 Å². The smallest absolute Gasteiger partial charge is 0.227 e. The molecule has 2 heterocycles. The lowest BCUT2D eigenvalue weighted by Crippen LogP contribution is -2.14. The number of carbonyl (C=O) groups excluding carboxylic acids is 1. The number of halogens is 2.